The Morgan fingerprint density at radius 3 is 2.68 bits per heavy atom. The Bertz CT molecular complexity index is 440. The molecule has 0 bridgehead atoms. The van der Waals surface area contributed by atoms with Crippen LogP contribution < -0.4 is 5.73 Å². The van der Waals surface area contributed by atoms with Crippen molar-refractivity contribution in [2.24, 2.45) is 5.73 Å². The van der Waals surface area contributed by atoms with E-state index < -0.39 is 0 Å². The highest BCUT2D eigenvalue weighted by Crippen LogP contribution is 2.09. The van der Waals surface area contributed by atoms with Gasteiger partial charge in [0, 0.05) is 38.9 Å². The van der Waals surface area contributed by atoms with E-state index in [1.54, 1.807) is 11.8 Å². The monoisotopic (exact) mass is 344 g/mol. The molecule has 1 aliphatic rings. The van der Waals surface area contributed by atoms with Gasteiger partial charge in [-0.2, -0.15) is 11.8 Å². The van der Waals surface area contributed by atoms with Crippen molar-refractivity contribution >= 4 is 30.1 Å². The molecule has 1 atom stereocenters. The summed E-state index contributed by atoms with van der Waals surface area (Å²) in [6, 6.07) is 5.62. The molecule has 0 spiro atoms. The van der Waals surface area contributed by atoms with Crippen LogP contribution in [-0.4, -0.2) is 64.9 Å². The van der Waals surface area contributed by atoms with Crippen molar-refractivity contribution in [3.05, 3.63) is 30.1 Å². The van der Waals surface area contributed by atoms with Crippen molar-refractivity contribution in [1.29, 1.82) is 0 Å². The van der Waals surface area contributed by atoms with Crippen LogP contribution in [-0.2, 0) is 11.3 Å². The predicted molar refractivity (Wildman–Crippen MR) is 94.3 cm³/mol. The van der Waals surface area contributed by atoms with Gasteiger partial charge in [0.1, 0.15) is 0 Å². The molecule has 0 aromatic carbocycles. The molecule has 1 saturated heterocycles. The van der Waals surface area contributed by atoms with Gasteiger partial charge in [-0.25, -0.2) is 0 Å². The van der Waals surface area contributed by atoms with Crippen LogP contribution in [0.1, 0.15) is 12.1 Å². The lowest BCUT2D eigenvalue weighted by atomic mass is 10.2. The Hall–Kier alpha value is -0.820. The number of hydrogen-bond donors (Lipinski definition) is 1. The fourth-order valence-corrected chi connectivity index (χ4v) is 2.94. The van der Waals surface area contributed by atoms with Crippen molar-refractivity contribution in [2.45, 2.75) is 19.0 Å². The molecule has 1 aromatic rings. The third kappa shape index (κ3) is 5.76. The van der Waals surface area contributed by atoms with Gasteiger partial charge < -0.3 is 10.6 Å². The second kappa shape index (κ2) is 10.0. The van der Waals surface area contributed by atoms with Gasteiger partial charge in [0.25, 0.3) is 0 Å². The van der Waals surface area contributed by atoms with Crippen LogP contribution >= 0.6 is 24.2 Å². The third-order valence-electron chi connectivity index (χ3n) is 3.75. The highest BCUT2D eigenvalue weighted by Gasteiger charge is 2.24. The van der Waals surface area contributed by atoms with Gasteiger partial charge in [-0.3, -0.25) is 14.7 Å². The molecule has 1 aliphatic heterocycles. The van der Waals surface area contributed by atoms with E-state index in [4.69, 9.17) is 5.73 Å². The number of pyridine rings is 1. The molecule has 0 unspecified atom stereocenters. The minimum atomic E-state index is -0.347. The second-order valence-corrected chi connectivity index (χ2v) is 6.30. The Balaban J connectivity index is 0.00000242. The van der Waals surface area contributed by atoms with E-state index >= 15 is 0 Å². The first-order valence-corrected chi connectivity index (χ1v) is 8.75. The number of nitrogens with zero attached hydrogens (tertiary/aromatic N) is 3. The van der Waals surface area contributed by atoms with Crippen LogP contribution in [0.5, 0.6) is 0 Å². The maximum absolute atomic E-state index is 12.2. The first kappa shape index (κ1) is 19.2. The topological polar surface area (TPSA) is 62.5 Å². The zero-order chi connectivity index (χ0) is 15.1. The van der Waals surface area contributed by atoms with Crippen molar-refractivity contribution in [2.75, 3.05) is 38.2 Å². The standard InChI is InChI=1S/C15H24N4OS.ClH/c1-21-11-5-14(16)15(20)19-9-7-18(8-10-19)12-13-4-2-3-6-17-13;/h2-4,6,14H,5,7-12,16H2,1H3;1H/t14-;/m0./s1. The van der Waals surface area contributed by atoms with E-state index in [1.165, 1.54) is 0 Å². The highest BCUT2D eigenvalue weighted by atomic mass is 35.5. The number of thioether (sulfide) groups is 1. The van der Waals surface area contributed by atoms with Crippen molar-refractivity contribution in [1.82, 2.24) is 14.8 Å². The maximum Gasteiger partial charge on any atom is 0.239 e. The number of amides is 1. The molecule has 0 aliphatic carbocycles. The zero-order valence-corrected chi connectivity index (χ0v) is 14.6. The SMILES string of the molecule is CSCC[C@H](N)C(=O)N1CCN(Cc2ccccn2)CC1.Cl. The van der Waals surface area contributed by atoms with Crippen LogP contribution in [0.2, 0.25) is 0 Å². The summed E-state index contributed by atoms with van der Waals surface area (Å²) < 4.78 is 0. The fraction of sp³-hybridized carbons (Fsp3) is 0.600. The molecule has 2 rings (SSSR count). The second-order valence-electron chi connectivity index (χ2n) is 5.31. The lowest BCUT2D eigenvalue weighted by Gasteiger charge is -2.35. The van der Waals surface area contributed by atoms with E-state index in [9.17, 15) is 4.79 Å². The van der Waals surface area contributed by atoms with Crippen molar-refractivity contribution < 1.29 is 4.79 Å². The Kier molecular flexibility index (Phi) is 8.78. The first-order valence-electron chi connectivity index (χ1n) is 7.36. The molecular formula is C15H25ClN4OS. The Morgan fingerprint density at radius 2 is 2.09 bits per heavy atom. The summed E-state index contributed by atoms with van der Waals surface area (Å²) in [4.78, 5) is 20.8. The summed E-state index contributed by atoms with van der Waals surface area (Å²) in [6.07, 6.45) is 4.61. The van der Waals surface area contributed by atoms with Crippen LogP contribution in [0.4, 0.5) is 0 Å². The highest BCUT2D eigenvalue weighted by molar-refractivity contribution is 7.98. The van der Waals surface area contributed by atoms with Crippen LogP contribution in [0.15, 0.2) is 24.4 Å². The number of rotatable bonds is 6. The summed E-state index contributed by atoms with van der Waals surface area (Å²) in [7, 11) is 0. The normalized spacial score (nSPS) is 16.9. The fourth-order valence-electron chi connectivity index (χ4n) is 2.45. The van der Waals surface area contributed by atoms with Crippen LogP contribution in [0, 0.1) is 0 Å². The minimum absolute atomic E-state index is 0. The minimum Gasteiger partial charge on any atom is -0.339 e. The molecule has 7 heteroatoms. The number of nitrogens with two attached hydrogens (primary N) is 1. The Morgan fingerprint density at radius 1 is 1.36 bits per heavy atom. The zero-order valence-electron chi connectivity index (χ0n) is 13.0. The molecule has 1 fully saturated rings. The van der Waals surface area contributed by atoms with Gasteiger partial charge in [0.15, 0.2) is 0 Å². The smallest absolute Gasteiger partial charge is 0.239 e. The number of piperazine rings is 1. The van der Waals surface area contributed by atoms with E-state index in [1.807, 2.05) is 35.6 Å². The van der Waals surface area contributed by atoms with E-state index in [0.29, 0.717) is 0 Å². The summed E-state index contributed by atoms with van der Waals surface area (Å²) in [5.74, 6) is 1.04. The van der Waals surface area contributed by atoms with Gasteiger partial charge in [0.05, 0.1) is 11.7 Å². The molecule has 1 amide bonds. The average Bonchev–Trinajstić information content (AvgIpc) is 2.53. The molecule has 2 heterocycles. The average molecular weight is 345 g/mol. The summed E-state index contributed by atoms with van der Waals surface area (Å²) >= 11 is 1.73. The predicted octanol–water partition coefficient (Wildman–Crippen LogP) is 1.23. The largest absolute Gasteiger partial charge is 0.339 e. The first-order chi connectivity index (χ1) is 10.2. The van der Waals surface area contributed by atoms with Gasteiger partial charge in [-0.05, 0) is 30.6 Å². The number of carbonyl (C=O) groups excluding carboxylic acids is 1. The molecule has 124 valence electrons. The molecule has 0 radical (unpaired) electrons. The van der Waals surface area contributed by atoms with Crippen LogP contribution in [0.3, 0.4) is 0 Å². The summed E-state index contributed by atoms with van der Waals surface area (Å²) in [5, 5.41) is 0. The molecule has 2 N–H and O–H groups in total. The van der Waals surface area contributed by atoms with Gasteiger partial charge in [-0.1, -0.05) is 6.07 Å². The maximum atomic E-state index is 12.2. The lowest BCUT2D eigenvalue weighted by molar-refractivity contribution is -0.134. The number of carbonyl (C=O) groups is 1. The molecule has 0 saturated carbocycles. The third-order valence-corrected chi connectivity index (χ3v) is 4.39. The van der Waals surface area contributed by atoms with Gasteiger partial charge in [-0.15, -0.1) is 12.4 Å². The van der Waals surface area contributed by atoms with Crippen LogP contribution in [0.25, 0.3) is 0 Å². The summed E-state index contributed by atoms with van der Waals surface area (Å²) in [5.41, 5.74) is 7.04. The quantitative estimate of drug-likeness (QED) is 0.841. The van der Waals surface area contributed by atoms with E-state index in [0.717, 1.165) is 50.6 Å². The van der Waals surface area contributed by atoms with Crippen molar-refractivity contribution in [3.8, 4) is 0 Å². The van der Waals surface area contributed by atoms with Gasteiger partial charge >= 0.3 is 0 Å². The number of aromatic nitrogens is 1. The number of hydrogen-bond acceptors (Lipinski definition) is 5. The van der Waals surface area contributed by atoms with E-state index in [2.05, 4.69) is 9.88 Å². The molecule has 22 heavy (non-hydrogen) atoms. The number of halogens is 1. The van der Waals surface area contributed by atoms with Crippen molar-refractivity contribution in [3.63, 3.8) is 0 Å². The molecule has 1 aromatic heterocycles. The molecular weight excluding hydrogens is 320 g/mol. The molecule has 5 nitrogen and oxygen atoms in total. The lowest BCUT2D eigenvalue weighted by Crippen LogP contribution is -2.53. The Labute approximate surface area is 143 Å². The van der Waals surface area contributed by atoms with E-state index in [-0.39, 0.29) is 24.4 Å². The summed E-state index contributed by atoms with van der Waals surface area (Å²) in [6.45, 7) is 4.15. The van der Waals surface area contributed by atoms with Gasteiger partial charge in [0.2, 0.25) is 5.91 Å².